The van der Waals surface area contributed by atoms with Crippen LogP contribution < -0.4 is 5.32 Å². The van der Waals surface area contributed by atoms with Gasteiger partial charge in [0.15, 0.2) is 0 Å². The third kappa shape index (κ3) is 5.22. The Kier molecular flexibility index (Phi) is 8.06. The molecule has 1 aromatic rings. The first-order valence-electron chi connectivity index (χ1n) is 7.99. The summed E-state index contributed by atoms with van der Waals surface area (Å²) in [6, 6.07) is 9.56. The average molecular weight is 340 g/mol. The van der Waals surface area contributed by atoms with Crippen LogP contribution in [0.3, 0.4) is 0 Å². The second-order valence-corrected chi connectivity index (χ2v) is 5.52. The van der Waals surface area contributed by atoms with Crippen molar-refractivity contribution in [2.24, 2.45) is 0 Å². The molecule has 0 spiro atoms. The van der Waals surface area contributed by atoms with E-state index in [4.69, 9.17) is 0 Å². The molecule has 1 saturated heterocycles. The van der Waals surface area contributed by atoms with E-state index < -0.39 is 6.04 Å². The number of nitrogens with zero attached hydrogens (tertiary/aromatic N) is 2. The molecule has 128 valence electrons. The number of amides is 2. The average Bonchev–Trinajstić information content (AvgIpc) is 2.53. The maximum Gasteiger partial charge on any atom is 0.240 e. The summed E-state index contributed by atoms with van der Waals surface area (Å²) in [5.41, 5.74) is 1.12. The van der Waals surface area contributed by atoms with E-state index in [9.17, 15) is 9.59 Å². The molecule has 23 heavy (non-hydrogen) atoms. The summed E-state index contributed by atoms with van der Waals surface area (Å²) in [4.78, 5) is 28.4. The number of nitrogens with one attached hydrogen (secondary N) is 1. The molecule has 1 N–H and O–H groups in total. The molecular formula is C17H26ClN3O2. The standard InChI is InChI=1S/C17H25N3O2.ClH/c1-3-19(4-2)16(21)12-15-17(22)20(11-10-18-15)13-14-8-6-5-7-9-14;/h5-9,15,18H,3-4,10-13H2,1-2H3;1H. The van der Waals surface area contributed by atoms with Crippen molar-refractivity contribution in [1.29, 1.82) is 0 Å². The largest absolute Gasteiger partial charge is 0.343 e. The van der Waals surface area contributed by atoms with Crippen molar-refractivity contribution < 1.29 is 9.59 Å². The predicted octanol–water partition coefficient (Wildman–Crippen LogP) is 1.67. The van der Waals surface area contributed by atoms with Crippen molar-refractivity contribution in [1.82, 2.24) is 15.1 Å². The Bertz CT molecular complexity index is 506. The molecule has 1 heterocycles. The molecule has 6 heteroatoms. The highest BCUT2D eigenvalue weighted by molar-refractivity contribution is 5.89. The van der Waals surface area contributed by atoms with Gasteiger partial charge < -0.3 is 15.1 Å². The van der Waals surface area contributed by atoms with Crippen molar-refractivity contribution in [3.05, 3.63) is 35.9 Å². The zero-order valence-corrected chi connectivity index (χ0v) is 14.6. The van der Waals surface area contributed by atoms with E-state index in [0.717, 1.165) is 12.1 Å². The van der Waals surface area contributed by atoms with Crippen molar-refractivity contribution in [2.75, 3.05) is 26.2 Å². The van der Waals surface area contributed by atoms with Crippen LogP contribution in [0.5, 0.6) is 0 Å². The molecule has 0 radical (unpaired) electrons. The van der Waals surface area contributed by atoms with Crippen molar-refractivity contribution in [2.45, 2.75) is 32.9 Å². The van der Waals surface area contributed by atoms with Gasteiger partial charge >= 0.3 is 0 Å². The fraction of sp³-hybridized carbons (Fsp3) is 0.529. The van der Waals surface area contributed by atoms with Gasteiger partial charge in [0.05, 0.1) is 12.5 Å². The lowest BCUT2D eigenvalue weighted by Crippen LogP contribution is -2.56. The van der Waals surface area contributed by atoms with Crippen LogP contribution in [-0.4, -0.2) is 53.8 Å². The van der Waals surface area contributed by atoms with E-state index in [-0.39, 0.29) is 30.6 Å². The van der Waals surface area contributed by atoms with Gasteiger partial charge in [0.1, 0.15) is 0 Å². The molecule has 0 aromatic heterocycles. The molecule has 1 aliphatic rings. The predicted molar refractivity (Wildman–Crippen MR) is 93.4 cm³/mol. The summed E-state index contributed by atoms with van der Waals surface area (Å²) in [5.74, 6) is 0.0630. The second-order valence-electron chi connectivity index (χ2n) is 5.52. The van der Waals surface area contributed by atoms with E-state index in [0.29, 0.717) is 26.2 Å². The van der Waals surface area contributed by atoms with E-state index in [1.807, 2.05) is 49.1 Å². The topological polar surface area (TPSA) is 52.7 Å². The van der Waals surface area contributed by atoms with E-state index in [1.165, 1.54) is 0 Å². The van der Waals surface area contributed by atoms with Gasteiger partial charge in [-0.15, -0.1) is 12.4 Å². The van der Waals surface area contributed by atoms with E-state index >= 15 is 0 Å². The van der Waals surface area contributed by atoms with Crippen LogP contribution in [0, 0.1) is 0 Å². The number of halogens is 1. The summed E-state index contributed by atoms with van der Waals surface area (Å²) in [6.45, 7) is 7.31. The summed E-state index contributed by atoms with van der Waals surface area (Å²) in [7, 11) is 0. The van der Waals surface area contributed by atoms with E-state index in [2.05, 4.69) is 5.32 Å². The molecule has 2 amide bonds. The van der Waals surface area contributed by atoms with Crippen molar-refractivity contribution >= 4 is 24.2 Å². The fourth-order valence-corrected chi connectivity index (χ4v) is 2.79. The molecule has 1 atom stereocenters. The Hall–Kier alpha value is -1.59. The van der Waals surface area contributed by atoms with Crippen molar-refractivity contribution in [3.63, 3.8) is 0 Å². The molecule has 2 rings (SSSR count). The molecule has 1 unspecified atom stereocenters. The first-order chi connectivity index (χ1) is 10.7. The monoisotopic (exact) mass is 339 g/mol. The van der Waals surface area contributed by atoms with Gasteiger partial charge in [-0.3, -0.25) is 9.59 Å². The van der Waals surface area contributed by atoms with Crippen LogP contribution in [-0.2, 0) is 16.1 Å². The third-order valence-electron chi connectivity index (χ3n) is 4.09. The van der Waals surface area contributed by atoms with Gasteiger partial charge in [0.2, 0.25) is 11.8 Å². The van der Waals surface area contributed by atoms with Crippen LogP contribution in [0.15, 0.2) is 30.3 Å². The Morgan fingerprint density at radius 2 is 1.91 bits per heavy atom. The highest BCUT2D eigenvalue weighted by Crippen LogP contribution is 2.11. The Morgan fingerprint density at radius 3 is 2.52 bits per heavy atom. The maximum absolute atomic E-state index is 12.6. The van der Waals surface area contributed by atoms with Crippen molar-refractivity contribution in [3.8, 4) is 0 Å². The summed E-state index contributed by atoms with van der Waals surface area (Å²) >= 11 is 0. The summed E-state index contributed by atoms with van der Waals surface area (Å²) in [6.07, 6.45) is 0.242. The van der Waals surface area contributed by atoms with Gasteiger partial charge in [-0.1, -0.05) is 30.3 Å². The number of rotatable bonds is 6. The lowest BCUT2D eigenvalue weighted by atomic mass is 10.1. The molecule has 0 saturated carbocycles. The van der Waals surface area contributed by atoms with Crippen LogP contribution in [0.2, 0.25) is 0 Å². The van der Waals surface area contributed by atoms with Gasteiger partial charge in [-0.2, -0.15) is 0 Å². The van der Waals surface area contributed by atoms with E-state index in [1.54, 1.807) is 4.90 Å². The number of carbonyl (C=O) groups is 2. The molecule has 5 nitrogen and oxygen atoms in total. The zero-order chi connectivity index (χ0) is 15.9. The SMILES string of the molecule is CCN(CC)C(=O)CC1NCCN(Cc2ccccc2)C1=O.Cl. The molecule has 1 fully saturated rings. The molecule has 0 bridgehead atoms. The number of hydrogen-bond acceptors (Lipinski definition) is 3. The minimum atomic E-state index is -0.398. The molecule has 1 aliphatic heterocycles. The second kappa shape index (κ2) is 9.53. The number of piperazine rings is 1. The Morgan fingerprint density at radius 1 is 1.26 bits per heavy atom. The normalized spacial score (nSPS) is 17.6. The van der Waals surface area contributed by atoms with Gasteiger partial charge in [-0.25, -0.2) is 0 Å². The third-order valence-corrected chi connectivity index (χ3v) is 4.09. The Balaban J connectivity index is 0.00000264. The fourth-order valence-electron chi connectivity index (χ4n) is 2.79. The summed E-state index contributed by atoms with van der Waals surface area (Å²) < 4.78 is 0. The summed E-state index contributed by atoms with van der Waals surface area (Å²) in [5, 5.41) is 3.18. The van der Waals surface area contributed by atoms with Gasteiger partial charge in [0.25, 0.3) is 0 Å². The van der Waals surface area contributed by atoms with Crippen LogP contribution in [0.4, 0.5) is 0 Å². The number of carbonyl (C=O) groups excluding carboxylic acids is 2. The van der Waals surface area contributed by atoms with Gasteiger partial charge in [0, 0.05) is 32.7 Å². The van der Waals surface area contributed by atoms with Crippen LogP contribution >= 0.6 is 12.4 Å². The highest BCUT2D eigenvalue weighted by atomic mass is 35.5. The lowest BCUT2D eigenvalue weighted by molar-refractivity contribution is -0.141. The smallest absolute Gasteiger partial charge is 0.240 e. The number of benzene rings is 1. The van der Waals surface area contributed by atoms with Crippen LogP contribution in [0.25, 0.3) is 0 Å². The Labute approximate surface area is 144 Å². The maximum atomic E-state index is 12.6. The number of hydrogen-bond donors (Lipinski definition) is 1. The molecule has 1 aromatic carbocycles. The molecule has 0 aliphatic carbocycles. The minimum absolute atomic E-state index is 0. The zero-order valence-electron chi connectivity index (χ0n) is 13.8. The first kappa shape index (κ1) is 19.5. The van der Waals surface area contributed by atoms with Crippen LogP contribution in [0.1, 0.15) is 25.8 Å². The molecular weight excluding hydrogens is 314 g/mol. The lowest BCUT2D eigenvalue weighted by Gasteiger charge is -2.34. The van der Waals surface area contributed by atoms with Gasteiger partial charge in [-0.05, 0) is 19.4 Å². The minimum Gasteiger partial charge on any atom is -0.343 e. The quantitative estimate of drug-likeness (QED) is 0.857. The first-order valence-corrected chi connectivity index (χ1v) is 7.99. The highest BCUT2D eigenvalue weighted by Gasteiger charge is 2.30.